The van der Waals surface area contributed by atoms with Gasteiger partial charge in [0, 0.05) is 17.6 Å². The average Bonchev–Trinajstić information content (AvgIpc) is 3.20. The fourth-order valence-corrected chi connectivity index (χ4v) is 3.39. The maximum atomic E-state index is 13.1. The lowest BCUT2D eigenvalue weighted by Crippen LogP contribution is -2.54. The van der Waals surface area contributed by atoms with E-state index < -0.39 is 11.8 Å². The van der Waals surface area contributed by atoms with Crippen LogP contribution >= 0.6 is 12.2 Å². The van der Waals surface area contributed by atoms with Crippen LogP contribution in [0.1, 0.15) is 5.69 Å². The van der Waals surface area contributed by atoms with Crippen LogP contribution in [0.4, 0.5) is 5.69 Å². The number of benzene rings is 2. The highest BCUT2D eigenvalue weighted by Crippen LogP contribution is 2.23. The van der Waals surface area contributed by atoms with Crippen molar-refractivity contribution in [2.24, 2.45) is 0 Å². The van der Waals surface area contributed by atoms with Crippen LogP contribution in [0.25, 0.3) is 11.8 Å². The molecule has 144 valence electrons. The predicted molar refractivity (Wildman–Crippen MR) is 115 cm³/mol. The summed E-state index contributed by atoms with van der Waals surface area (Å²) in [6, 6.07) is 20.2. The third kappa shape index (κ3) is 3.55. The van der Waals surface area contributed by atoms with Gasteiger partial charge < -0.3 is 9.30 Å². The Labute approximate surface area is 173 Å². The number of rotatable bonds is 4. The zero-order chi connectivity index (χ0) is 20.4. The van der Waals surface area contributed by atoms with Crippen molar-refractivity contribution in [3.63, 3.8) is 0 Å². The second kappa shape index (κ2) is 7.73. The number of nitrogens with one attached hydrogen (secondary N) is 1. The van der Waals surface area contributed by atoms with Gasteiger partial charge in [0.25, 0.3) is 11.8 Å². The molecule has 1 fully saturated rings. The number of hydrogen-bond donors (Lipinski definition) is 1. The molecule has 6 nitrogen and oxygen atoms in total. The quantitative estimate of drug-likeness (QED) is 0.412. The van der Waals surface area contributed by atoms with E-state index >= 15 is 0 Å². The predicted octanol–water partition coefficient (Wildman–Crippen LogP) is 3.32. The van der Waals surface area contributed by atoms with Crippen LogP contribution in [0.3, 0.4) is 0 Å². The summed E-state index contributed by atoms with van der Waals surface area (Å²) in [7, 11) is 1.61. The first-order chi connectivity index (χ1) is 14.1. The fraction of sp³-hybridized carbons (Fsp3) is 0.0455. The lowest BCUT2D eigenvalue weighted by Gasteiger charge is -2.28. The summed E-state index contributed by atoms with van der Waals surface area (Å²) in [5, 5.41) is 2.66. The van der Waals surface area contributed by atoms with E-state index in [1.54, 1.807) is 37.5 Å². The maximum Gasteiger partial charge on any atom is 0.270 e. The Hall–Kier alpha value is -3.71. The van der Waals surface area contributed by atoms with E-state index in [2.05, 4.69) is 5.32 Å². The van der Waals surface area contributed by atoms with E-state index in [0.29, 0.717) is 11.4 Å². The minimum atomic E-state index is -0.519. The van der Waals surface area contributed by atoms with Gasteiger partial charge in [0.2, 0.25) is 0 Å². The summed E-state index contributed by atoms with van der Waals surface area (Å²) in [6.07, 6.45) is 3.43. The SMILES string of the molecule is COc1ccc(-n2cccc2/C=C2\C(=O)NC(=S)N(c3ccccc3)C2=O)cc1. The summed E-state index contributed by atoms with van der Waals surface area (Å²) in [5.74, 6) is -0.239. The molecule has 1 aliphatic heterocycles. The number of carbonyl (C=O) groups excluding carboxylic acids is 2. The molecule has 1 aromatic heterocycles. The first-order valence-electron chi connectivity index (χ1n) is 8.87. The lowest BCUT2D eigenvalue weighted by molar-refractivity contribution is -0.122. The van der Waals surface area contributed by atoms with Gasteiger partial charge in [0.05, 0.1) is 12.8 Å². The molecule has 29 heavy (non-hydrogen) atoms. The van der Waals surface area contributed by atoms with Gasteiger partial charge in [-0.2, -0.15) is 0 Å². The zero-order valence-corrected chi connectivity index (χ0v) is 16.3. The number of methoxy groups -OCH3 is 1. The summed E-state index contributed by atoms with van der Waals surface area (Å²) in [5.41, 5.74) is 2.17. The van der Waals surface area contributed by atoms with Crippen molar-refractivity contribution in [1.29, 1.82) is 0 Å². The molecule has 2 heterocycles. The molecule has 7 heteroatoms. The van der Waals surface area contributed by atoms with Crippen LogP contribution in [-0.4, -0.2) is 28.6 Å². The number of ether oxygens (including phenoxy) is 1. The number of aromatic nitrogens is 1. The Morgan fingerprint density at radius 2 is 1.66 bits per heavy atom. The molecule has 0 spiro atoms. The molecule has 0 saturated carbocycles. The van der Waals surface area contributed by atoms with Gasteiger partial charge in [-0.1, -0.05) is 18.2 Å². The second-order valence-electron chi connectivity index (χ2n) is 6.29. The number of hydrogen-bond acceptors (Lipinski definition) is 4. The number of carbonyl (C=O) groups is 2. The number of nitrogens with zero attached hydrogens (tertiary/aromatic N) is 2. The van der Waals surface area contributed by atoms with Gasteiger partial charge in [-0.25, -0.2) is 0 Å². The van der Waals surface area contributed by atoms with Crippen molar-refractivity contribution in [3.8, 4) is 11.4 Å². The average molecular weight is 403 g/mol. The van der Waals surface area contributed by atoms with Crippen LogP contribution in [0.2, 0.25) is 0 Å². The Bertz CT molecular complexity index is 1120. The smallest absolute Gasteiger partial charge is 0.270 e. The highest BCUT2D eigenvalue weighted by atomic mass is 32.1. The van der Waals surface area contributed by atoms with Gasteiger partial charge in [-0.15, -0.1) is 0 Å². The zero-order valence-electron chi connectivity index (χ0n) is 15.5. The van der Waals surface area contributed by atoms with Crippen molar-refractivity contribution in [3.05, 3.63) is 84.2 Å². The minimum absolute atomic E-state index is 0.0101. The largest absolute Gasteiger partial charge is 0.497 e. The molecule has 3 aromatic rings. The molecular weight excluding hydrogens is 386 g/mol. The van der Waals surface area contributed by atoms with Crippen molar-refractivity contribution < 1.29 is 14.3 Å². The Morgan fingerprint density at radius 3 is 2.34 bits per heavy atom. The van der Waals surface area contributed by atoms with Gasteiger partial charge >= 0.3 is 0 Å². The van der Waals surface area contributed by atoms with E-state index in [0.717, 1.165) is 11.4 Å². The van der Waals surface area contributed by atoms with Gasteiger partial charge in [-0.05, 0) is 66.8 Å². The molecule has 0 radical (unpaired) electrons. The molecule has 4 rings (SSSR count). The first-order valence-corrected chi connectivity index (χ1v) is 9.27. The highest BCUT2D eigenvalue weighted by molar-refractivity contribution is 7.80. The molecule has 0 aliphatic carbocycles. The Kier molecular flexibility index (Phi) is 4.97. The van der Waals surface area contributed by atoms with Crippen molar-refractivity contribution in [2.45, 2.75) is 0 Å². The van der Waals surface area contributed by atoms with Crippen molar-refractivity contribution in [2.75, 3.05) is 12.0 Å². The molecule has 1 saturated heterocycles. The van der Waals surface area contributed by atoms with Gasteiger partial charge in [-0.3, -0.25) is 19.8 Å². The minimum Gasteiger partial charge on any atom is -0.497 e. The third-order valence-corrected chi connectivity index (χ3v) is 4.82. The monoisotopic (exact) mass is 403 g/mol. The molecule has 0 atom stereocenters. The van der Waals surface area contributed by atoms with Gasteiger partial charge in [0.1, 0.15) is 11.3 Å². The van der Waals surface area contributed by atoms with E-state index in [9.17, 15) is 9.59 Å². The van der Waals surface area contributed by atoms with Crippen molar-refractivity contribution >= 4 is 40.9 Å². The summed E-state index contributed by atoms with van der Waals surface area (Å²) < 4.78 is 7.08. The van der Waals surface area contributed by atoms with E-state index in [4.69, 9.17) is 17.0 Å². The molecule has 1 N–H and O–H groups in total. The second-order valence-corrected chi connectivity index (χ2v) is 6.68. The van der Waals surface area contributed by atoms with Gasteiger partial charge in [0.15, 0.2) is 5.11 Å². The summed E-state index contributed by atoms with van der Waals surface area (Å²) >= 11 is 5.22. The van der Waals surface area contributed by atoms with Crippen LogP contribution in [0.5, 0.6) is 5.75 Å². The highest BCUT2D eigenvalue weighted by Gasteiger charge is 2.34. The van der Waals surface area contributed by atoms with Crippen LogP contribution < -0.4 is 15.0 Å². The lowest BCUT2D eigenvalue weighted by atomic mass is 10.1. The van der Waals surface area contributed by atoms with Crippen LogP contribution in [0, 0.1) is 0 Å². The van der Waals surface area contributed by atoms with E-state index in [-0.39, 0.29) is 10.7 Å². The number of anilines is 1. The third-order valence-electron chi connectivity index (χ3n) is 4.54. The molecule has 2 aromatic carbocycles. The Balaban J connectivity index is 1.72. The maximum absolute atomic E-state index is 13.1. The van der Waals surface area contributed by atoms with Crippen molar-refractivity contribution in [1.82, 2.24) is 9.88 Å². The topological polar surface area (TPSA) is 63.6 Å². The number of thiocarbonyl (C=S) groups is 1. The fourth-order valence-electron chi connectivity index (χ4n) is 3.11. The summed E-state index contributed by atoms with van der Waals surface area (Å²) in [4.78, 5) is 26.9. The molecule has 2 amide bonds. The standard InChI is InChI=1S/C22H17N3O3S/c1-28-18-11-9-15(10-12-18)24-13-5-8-17(24)14-19-20(26)23-22(29)25(21(19)27)16-6-3-2-4-7-16/h2-14H,1H3,(H,23,26,29)/b19-14+. The van der Waals surface area contributed by atoms with E-state index in [1.807, 2.05) is 53.2 Å². The number of para-hydroxylation sites is 1. The van der Waals surface area contributed by atoms with E-state index in [1.165, 1.54) is 4.90 Å². The molecule has 1 aliphatic rings. The first kappa shape index (κ1) is 18.6. The normalized spacial score (nSPS) is 15.6. The number of amides is 2. The molecular formula is C22H17N3O3S. The van der Waals surface area contributed by atoms with Crippen LogP contribution in [-0.2, 0) is 9.59 Å². The Morgan fingerprint density at radius 1 is 0.931 bits per heavy atom. The summed E-state index contributed by atoms with van der Waals surface area (Å²) in [6.45, 7) is 0. The molecule has 0 unspecified atom stereocenters. The molecule has 0 bridgehead atoms. The van der Waals surface area contributed by atoms with Crippen LogP contribution in [0.15, 0.2) is 78.5 Å².